The van der Waals surface area contributed by atoms with Gasteiger partial charge in [0.2, 0.25) is 0 Å². The molecule has 0 unspecified atom stereocenters. The lowest BCUT2D eigenvalue weighted by atomic mass is 10.2. The van der Waals surface area contributed by atoms with E-state index in [0.717, 1.165) is 17.3 Å². The number of rotatable bonds is 4. The molecule has 84 valence electrons. The summed E-state index contributed by atoms with van der Waals surface area (Å²) in [6.07, 6.45) is 0. The third-order valence-corrected chi connectivity index (χ3v) is 2.85. The molecule has 0 aliphatic heterocycles. The normalized spacial score (nSPS) is 10.8. The Morgan fingerprint density at radius 1 is 1.40 bits per heavy atom. The van der Waals surface area contributed by atoms with Crippen molar-refractivity contribution in [1.29, 1.82) is 0 Å². The van der Waals surface area contributed by atoms with Gasteiger partial charge < -0.3 is 10.2 Å². The van der Waals surface area contributed by atoms with Crippen molar-refractivity contribution in [3.05, 3.63) is 28.8 Å². The lowest BCUT2D eigenvalue weighted by molar-refractivity contribution is 0.753. The van der Waals surface area contributed by atoms with E-state index in [2.05, 4.69) is 43.2 Å². The van der Waals surface area contributed by atoms with Gasteiger partial charge in [0.1, 0.15) is 0 Å². The van der Waals surface area contributed by atoms with E-state index in [9.17, 15) is 0 Å². The van der Waals surface area contributed by atoms with Gasteiger partial charge in [-0.25, -0.2) is 0 Å². The van der Waals surface area contributed by atoms with E-state index in [1.54, 1.807) is 0 Å². The van der Waals surface area contributed by atoms with Gasteiger partial charge in [-0.15, -0.1) is 0 Å². The molecule has 1 aromatic rings. The van der Waals surface area contributed by atoms with E-state index in [1.807, 2.05) is 13.1 Å². The molecule has 0 amide bonds. The second kappa shape index (κ2) is 5.38. The summed E-state index contributed by atoms with van der Waals surface area (Å²) in [5.74, 6) is 0. The Labute approximate surface area is 97.2 Å². The van der Waals surface area contributed by atoms with Crippen LogP contribution in [0.3, 0.4) is 0 Å². The van der Waals surface area contributed by atoms with Crippen molar-refractivity contribution in [2.75, 3.05) is 19.0 Å². The van der Waals surface area contributed by atoms with Crippen LogP contribution in [0.2, 0.25) is 5.02 Å². The topological polar surface area (TPSA) is 15.3 Å². The maximum absolute atomic E-state index is 6.23. The molecule has 15 heavy (non-hydrogen) atoms. The minimum Gasteiger partial charge on any atom is -0.371 e. The first-order chi connectivity index (χ1) is 7.06. The predicted octanol–water partition coefficient (Wildman–Crippen LogP) is 2.90. The van der Waals surface area contributed by atoms with Crippen molar-refractivity contribution in [2.45, 2.75) is 26.4 Å². The van der Waals surface area contributed by atoms with E-state index in [1.165, 1.54) is 5.56 Å². The fraction of sp³-hybridized carbons (Fsp3) is 0.500. The molecule has 0 radical (unpaired) electrons. The van der Waals surface area contributed by atoms with Crippen molar-refractivity contribution in [3.8, 4) is 0 Å². The summed E-state index contributed by atoms with van der Waals surface area (Å²) in [6.45, 7) is 5.15. The summed E-state index contributed by atoms with van der Waals surface area (Å²) in [5.41, 5.74) is 2.30. The Bertz CT molecular complexity index is 323. The highest BCUT2D eigenvalue weighted by Crippen LogP contribution is 2.27. The van der Waals surface area contributed by atoms with Crippen molar-refractivity contribution in [3.63, 3.8) is 0 Å². The summed E-state index contributed by atoms with van der Waals surface area (Å²) < 4.78 is 0. The Balaban J connectivity index is 2.92. The Kier molecular flexibility index (Phi) is 4.43. The van der Waals surface area contributed by atoms with Crippen molar-refractivity contribution in [1.82, 2.24) is 5.32 Å². The average Bonchev–Trinajstić information content (AvgIpc) is 2.17. The third-order valence-electron chi connectivity index (χ3n) is 2.55. The van der Waals surface area contributed by atoms with Crippen LogP contribution in [0.5, 0.6) is 0 Å². The second-order valence-electron chi connectivity index (χ2n) is 4.02. The SMILES string of the molecule is CNCc1ccc(N(C)C(C)C)c(Cl)c1. The van der Waals surface area contributed by atoms with Crippen LogP contribution in [-0.2, 0) is 6.54 Å². The molecular weight excluding hydrogens is 208 g/mol. The van der Waals surface area contributed by atoms with Crippen LogP contribution >= 0.6 is 11.6 Å². The van der Waals surface area contributed by atoms with Gasteiger partial charge in [0.05, 0.1) is 10.7 Å². The lowest BCUT2D eigenvalue weighted by Crippen LogP contribution is -2.25. The Morgan fingerprint density at radius 2 is 2.07 bits per heavy atom. The van der Waals surface area contributed by atoms with Gasteiger partial charge in [-0.1, -0.05) is 17.7 Å². The standard InChI is InChI=1S/C12H19ClN2/c1-9(2)15(4)12-6-5-10(8-14-3)7-11(12)13/h5-7,9,14H,8H2,1-4H3. The molecule has 0 aliphatic rings. The van der Waals surface area contributed by atoms with Crippen LogP contribution in [-0.4, -0.2) is 20.1 Å². The van der Waals surface area contributed by atoms with Crippen LogP contribution in [0.1, 0.15) is 19.4 Å². The summed E-state index contributed by atoms with van der Waals surface area (Å²) in [7, 11) is 3.99. The smallest absolute Gasteiger partial charge is 0.0642 e. The highest BCUT2D eigenvalue weighted by molar-refractivity contribution is 6.33. The van der Waals surface area contributed by atoms with Gasteiger partial charge in [0.25, 0.3) is 0 Å². The summed E-state index contributed by atoms with van der Waals surface area (Å²) in [5, 5.41) is 3.93. The molecule has 0 fully saturated rings. The zero-order valence-corrected chi connectivity index (χ0v) is 10.6. The van der Waals surface area contributed by atoms with Crippen LogP contribution in [0, 0.1) is 0 Å². The van der Waals surface area contributed by atoms with E-state index in [-0.39, 0.29) is 0 Å². The van der Waals surface area contributed by atoms with E-state index in [0.29, 0.717) is 6.04 Å². The molecule has 0 aliphatic carbocycles. The number of halogens is 1. The molecule has 2 nitrogen and oxygen atoms in total. The average molecular weight is 227 g/mol. The minimum absolute atomic E-state index is 0.456. The van der Waals surface area contributed by atoms with Gasteiger partial charge in [-0.2, -0.15) is 0 Å². The fourth-order valence-electron chi connectivity index (χ4n) is 1.43. The van der Waals surface area contributed by atoms with Crippen LogP contribution in [0.4, 0.5) is 5.69 Å². The maximum Gasteiger partial charge on any atom is 0.0642 e. The highest BCUT2D eigenvalue weighted by atomic mass is 35.5. The molecule has 0 saturated heterocycles. The molecule has 0 heterocycles. The summed E-state index contributed by atoms with van der Waals surface area (Å²) >= 11 is 6.23. The second-order valence-corrected chi connectivity index (χ2v) is 4.43. The molecule has 0 bridgehead atoms. The lowest BCUT2D eigenvalue weighted by Gasteiger charge is -2.25. The van der Waals surface area contributed by atoms with Crippen molar-refractivity contribution >= 4 is 17.3 Å². The molecule has 0 aromatic heterocycles. The molecule has 1 aromatic carbocycles. The van der Waals surface area contributed by atoms with Crippen molar-refractivity contribution in [2.24, 2.45) is 0 Å². The molecule has 0 spiro atoms. The number of anilines is 1. The molecule has 3 heteroatoms. The van der Waals surface area contributed by atoms with Crippen LogP contribution < -0.4 is 10.2 Å². The van der Waals surface area contributed by atoms with E-state index < -0.39 is 0 Å². The fourth-order valence-corrected chi connectivity index (χ4v) is 1.77. The first-order valence-corrected chi connectivity index (χ1v) is 5.60. The largest absolute Gasteiger partial charge is 0.371 e. The number of hydrogen-bond acceptors (Lipinski definition) is 2. The molecular formula is C12H19ClN2. The Morgan fingerprint density at radius 3 is 2.53 bits per heavy atom. The molecule has 1 rings (SSSR count). The number of benzene rings is 1. The van der Waals surface area contributed by atoms with E-state index >= 15 is 0 Å². The Hall–Kier alpha value is -0.730. The van der Waals surface area contributed by atoms with Gasteiger partial charge >= 0.3 is 0 Å². The zero-order chi connectivity index (χ0) is 11.4. The first-order valence-electron chi connectivity index (χ1n) is 5.22. The van der Waals surface area contributed by atoms with E-state index in [4.69, 9.17) is 11.6 Å². The van der Waals surface area contributed by atoms with Crippen LogP contribution in [0.15, 0.2) is 18.2 Å². The van der Waals surface area contributed by atoms with Crippen molar-refractivity contribution < 1.29 is 0 Å². The van der Waals surface area contributed by atoms with Crippen LogP contribution in [0.25, 0.3) is 0 Å². The monoisotopic (exact) mass is 226 g/mol. The first kappa shape index (κ1) is 12.3. The predicted molar refractivity (Wildman–Crippen MR) is 67.8 cm³/mol. The quantitative estimate of drug-likeness (QED) is 0.850. The van der Waals surface area contributed by atoms with Gasteiger partial charge in [0.15, 0.2) is 0 Å². The third kappa shape index (κ3) is 3.11. The molecule has 0 atom stereocenters. The summed E-state index contributed by atoms with van der Waals surface area (Å²) in [4.78, 5) is 2.17. The summed E-state index contributed by atoms with van der Waals surface area (Å²) in [6, 6.07) is 6.66. The highest BCUT2D eigenvalue weighted by Gasteiger charge is 2.09. The number of nitrogens with one attached hydrogen (secondary N) is 1. The minimum atomic E-state index is 0.456. The molecule has 0 saturated carbocycles. The van der Waals surface area contributed by atoms with Gasteiger partial charge in [-0.05, 0) is 38.6 Å². The van der Waals surface area contributed by atoms with Gasteiger partial charge in [-0.3, -0.25) is 0 Å². The van der Waals surface area contributed by atoms with Gasteiger partial charge in [0, 0.05) is 19.6 Å². The number of hydrogen-bond donors (Lipinski definition) is 1. The maximum atomic E-state index is 6.23. The number of nitrogens with zero attached hydrogens (tertiary/aromatic N) is 1. The zero-order valence-electron chi connectivity index (χ0n) is 9.84. The molecule has 1 N–H and O–H groups in total.